The van der Waals surface area contributed by atoms with Crippen molar-refractivity contribution < 1.29 is 0 Å². The maximum Gasteiger partial charge on any atom is 0.130 e. The topological polar surface area (TPSA) is 24.9 Å². The number of thiophene rings is 1. The predicted molar refractivity (Wildman–Crippen MR) is 82.8 cm³/mol. The number of aryl methyl sites for hydroxylation is 1. The number of aromatic nitrogens is 1. The van der Waals surface area contributed by atoms with E-state index in [1.54, 1.807) is 11.3 Å². The van der Waals surface area contributed by atoms with Gasteiger partial charge < -0.3 is 5.32 Å². The van der Waals surface area contributed by atoms with E-state index < -0.39 is 0 Å². The van der Waals surface area contributed by atoms with Gasteiger partial charge >= 0.3 is 0 Å². The van der Waals surface area contributed by atoms with E-state index in [4.69, 9.17) is 4.98 Å². The second-order valence-electron chi connectivity index (χ2n) is 4.73. The molecule has 3 heteroatoms. The summed E-state index contributed by atoms with van der Waals surface area (Å²) in [5.41, 5.74) is 2.22. The summed E-state index contributed by atoms with van der Waals surface area (Å²) in [5.74, 6) is 0.972. The molecule has 19 heavy (non-hydrogen) atoms. The van der Waals surface area contributed by atoms with Crippen LogP contribution >= 0.6 is 11.3 Å². The third kappa shape index (κ3) is 2.47. The molecule has 0 fully saturated rings. The van der Waals surface area contributed by atoms with Crippen LogP contribution in [0.5, 0.6) is 0 Å². The van der Waals surface area contributed by atoms with E-state index in [1.165, 1.54) is 15.8 Å². The molecule has 0 saturated heterocycles. The van der Waals surface area contributed by atoms with Gasteiger partial charge in [0.05, 0.1) is 11.6 Å². The van der Waals surface area contributed by atoms with Gasteiger partial charge in [0.1, 0.15) is 5.82 Å². The van der Waals surface area contributed by atoms with Crippen molar-refractivity contribution >= 4 is 28.1 Å². The smallest absolute Gasteiger partial charge is 0.130 e. The zero-order valence-electron chi connectivity index (χ0n) is 11.1. The predicted octanol–water partition coefficient (Wildman–Crippen LogP) is 4.78. The van der Waals surface area contributed by atoms with Crippen LogP contribution in [0.15, 0.2) is 47.8 Å². The molecule has 1 N–H and O–H groups in total. The summed E-state index contributed by atoms with van der Waals surface area (Å²) in [4.78, 5) is 6.05. The van der Waals surface area contributed by atoms with Gasteiger partial charge in [0, 0.05) is 10.3 Å². The molecule has 0 aliphatic rings. The van der Waals surface area contributed by atoms with Crippen LogP contribution in [0.3, 0.4) is 0 Å². The first-order chi connectivity index (χ1) is 9.24. The molecule has 96 valence electrons. The van der Waals surface area contributed by atoms with E-state index in [0.29, 0.717) is 0 Å². The molecule has 1 atom stereocenters. The standard InChI is InChI=1S/C16H16N2S/c1-11-10-13-6-3-4-7-14(13)18-16(11)17-12(2)15-8-5-9-19-15/h3-10,12H,1-2H3,(H,17,18). The normalized spacial score (nSPS) is 12.5. The first-order valence-electron chi connectivity index (χ1n) is 6.40. The first-order valence-corrected chi connectivity index (χ1v) is 7.28. The molecular formula is C16H16N2S. The van der Waals surface area contributed by atoms with Crippen molar-refractivity contribution in [3.05, 3.63) is 58.3 Å². The Morgan fingerprint density at radius 3 is 2.79 bits per heavy atom. The fraction of sp³-hybridized carbons (Fsp3) is 0.188. The summed E-state index contributed by atoms with van der Waals surface area (Å²) < 4.78 is 0. The van der Waals surface area contributed by atoms with Crippen molar-refractivity contribution in [1.82, 2.24) is 4.98 Å². The van der Waals surface area contributed by atoms with E-state index in [9.17, 15) is 0 Å². The monoisotopic (exact) mass is 268 g/mol. The lowest BCUT2D eigenvalue weighted by atomic mass is 10.1. The number of para-hydroxylation sites is 1. The van der Waals surface area contributed by atoms with Gasteiger partial charge in [-0.05, 0) is 43.0 Å². The molecule has 0 spiro atoms. The third-order valence-corrected chi connectivity index (χ3v) is 4.29. The number of fused-ring (bicyclic) bond motifs is 1. The molecule has 0 aliphatic carbocycles. The molecule has 0 saturated carbocycles. The Labute approximate surface area is 117 Å². The van der Waals surface area contributed by atoms with Crippen LogP contribution in [0.1, 0.15) is 23.4 Å². The number of anilines is 1. The molecule has 1 aromatic carbocycles. The number of pyridine rings is 1. The summed E-state index contributed by atoms with van der Waals surface area (Å²) in [7, 11) is 0. The van der Waals surface area contributed by atoms with Gasteiger partial charge in [0.25, 0.3) is 0 Å². The second-order valence-corrected chi connectivity index (χ2v) is 5.71. The zero-order valence-corrected chi connectivity index (χ0v) is 11.9. The van der Waals surface area contributed by atoms with Crippen LogP contribution in [-0.2, 0) is 0 Å². The van der Waals surface area contributed by atoms with E-state index >= 15 is 0 Å². The maximum absolute atomic E-state index is 4.72. The number of nitrogens with one attached hydrogen (secondary N) is 1. The zero-order chi connectivity index (χ0) is 13.2. The Morgan fingerprint density at radius 1 is 1.16 bits per heavy atom. The van der Waals surface area contributed by atoms with Crippen LogP contribution < -0.4 is 5.32 Å². The van der Waals surface area contributed by atoms with Crippen LogP contribution in [-0.4, -0.2) is 4.98 Å². The minimum Gasteiger partial charge on any atom is -0.362 e. The summed E-state index contributed by atoms with van der Waals surface area (Å²) in [5, 5.41) is 6.80. The van der Waals surface area contributed by atoms with Gasteiger partial charge in [-0.3, -0.25) is 0 Å². The molecule has 2 heterocycles. The molecule has 0 amide bonds. The van der Waals surface area contributed by atoms with Crippen molar-refractivity contribution in [1.29, 1.82) is 0 Å². The Hall–Kier alpha value is -1.87. The molecule has 2 nitrogen and oxygen atoms in total. The minimum absolute atomic E-state index is 0.285. The molecule has 2 aromatic heterocycles. The summed E-state index contributed by atoms with van der Waals surface area (Å²) in [6.45, 7) is 4.27. The molecule has 3 rings (SSSR count). The average molecular weight is 268 g/mol. The van der Waals surface area contributed by atoms with Gasteiger partial charge in [-0.1, -0.05) is 24.3 Å². The van der Waals surface area contributed by atoms with Gasteiger partial charge in [-0.15, -0.1) is 11.3 Å². The first kappa shape index (κ1) is 12.2. The lowest BCUT2D eigenvalue weighted by molar-refractivity contribution is 0.895. The number of hydrogen-bond acceptors (Lipinski definition) is 3. The fourth-order valence-corrected chi connectivity index (χ4v) is 2.92. The highest BCUT2D eigenvalue weighted by Gasteiger charge is 2.09. The Morgan fingerprint density at radius 2 is 2.00 bits per heavy atom. The highest BCUT2D eigenvalue weighted by molar-refractivity contribution is 7.10. The average Bonchev–Trinajstić information content (AvgIpc) is 2.93. The second kappa shape index (κ2) is 5.02. The van der Waals surface area contributed by atoms with E-state index in [0.717, 1.165) is 11.3 Å². The number of nitrogens with zero attached hydrogens (tertiary/aromatic N) is 1. The van der Waals surface area contributed by atoms with E-state index in [-0.39, 0.29) is 6.04 Å². The fourth-order valence-electron chi connectivity index (χ4n) is 2.18. The summed E-state index contributed by atoms with van der Waals surface area (Å²) in [6, 6.07) is 14.9. The number of rotatable bonds is 3. The van der Waals surface area contributed by atoms with Crippen LogP contribution in [0.4, 0.5) is 5.82 Å². The number of benzene rings is 1. The van der Waals surface area contributed by atoms with Crippen LogP contribution in [0.25, 0.3) is 10.9 Å². The Kier molecular flexibility index (Phi) is 3.22. The van der Waals surface area contributed by atoms with Crippen molar-refractivity contribution in [3.8, 4) is 0 Å². The largest absolute Gasteiger partial charge is 0.362 e. The van der Waals surface area contributed by atoms with Gasteiger partial charge in [-0.2, -0.15) is 0 Å². The molecule has 3 aromatic rings. The van der Waals surface area contributed by atoms with E-state index in [2.05, 4.69) is 54.9 Å². The maximum atomic E-state index is 4.72. The van der Waals surface area contributed by atoms with Gasteiger partial charge in [0.2, 0.25) is 0 Å². The van der Waals surface area contributed by atoms with Crippen LogP contribution in [0.2, 0.25) is 0 Å². The Balaban J connectivity index is 1.94. The van der Waals surface area contributed by atoms with Crippen molar-refractivity contribution in [2.75, 3.05) is 5.32 Å². The van der Waals surface area contributed by atoms with Crippen molar-refractivity contribution in [2.24, 2.45) is 0 Å². The third-order valence-electron chi connectivity index (χ3n) is 3.24. The SMILES string of the molecule is Cc1cc2ccccc2nc1NC(C)c1cccs1. The van der Waals surface area contributed by atoms with E-state index in [1.807, 2.05) is 12.1 Å². The highest BCUT2D eigenvalue weighted by Crippen LogP contribution is 2.25. The summed E-state index contributed by atoms with van der Waals surface area (Å²) in [6.07, 6.45) is 0. The lowest BCUT2D eigenvalue weighted by Gasteiger charge is -2.15. The molecule has 0 radical (unpaired) electrons. The van der Waals surface area contributed by atoms with Crippen LogP contribution in [0, 0.1) is 6.92 Å². The molecular weight excluding hydrogens is 252 g/mol. The molecule has 1 unspecified atom stereocenters. The highest BCUT2D eigenvalue weighted by atomic mass is 32.1. The minimum atomic E-state index is 0.285. The van der Waals surface area contributed by atoms with Gasteiger partial charge in [0.15, 0.2) is 0 Å². The Bertz CT molecular complexity index is 689. The number of hydrogen-bond donors (Lipinski definition) is 1. The quantitative estimate of drug-likeness (QED) is 0.739. The van der Waals surface area contributed by atoms with Crippen molar-refractivity contribution in [2.45, 2.75) is 19.9 Å². The summed E-state index contributed by atoms with van der Waals surface area (Å²) >= 11 is 1.77. The van der Waals surface area contributed by atoms with Crippen molar-refractivity contribution in [3.63, 3.8) is 0 Å². The molecule has 0 bridgehead atoms. The lowest BCUT2D eigenvalue weighted by Crippen LogP contribution is -2.07. The van der Waals surface area contributed by atoms with Gasteiger partial charge in [-0.25, -0.2) is 4.98 Å². The molecule has 0 aliphatic heterocycles.